The summed E-state index contributed by atoms with van der Waals surface area (Å²) < 4.78 is 16.9. The number of rotatable bonds is 56. The van der Waals surface area contributed by atoms with E-state index in [9.17, 15) is 14.4 Å². The molecule has 0 spiro atoms. The van der Waals surface area contributed by atoms with Crippen LogP contribution in [0.15, 0.2) is 60.8 Å². The molecule has 0 aliphatic heterocycles. The van der Waals surface area contributed by atoms with E-state index >= 15 is 0 Å². The lowest BCUT2D eigenvalue weighted by Crippen LogP contribution is -2.30. The summed E-state index contributed by atoms with van der Waals surface area (Å²) in [6, 6.07) is 0. The van der Waals surface area contributed by atoms with Gasteiger partial charge in [0.25, 0.3) is 0 Å². The number of carbonyl (C=O) groups excluding carboxylic acids is 3. The second-order valence-electron chi connectivity index (χ2n) is 20.6. The highest BCUT2D eigenvalue weighted by Gasteiger charge is 2.19. The van der Waals surface area contributed by atoms with Crippen LogP contribution in [0.25, 0.3) is 0 Å². The van der Waals surface area contributed by atoms with Crippen LogP contribution in [0.1, 0.15) is 316 Å². The third-order valence-corrected chi connectivity index (χ3v) is 13.5. The van der Waals surface area contributed by atoms with Crippen LogP contribution in [0.4, 0.5) is 0 Å². The molecule has 0 saturated heterocycles. The van der Waals surface area contributed by atoms with Crippen LogP contribution < -0.4 is 0 Å². The molecule has 0 radical (unpaired) electrons. The van der Waals surface area contributed by atoms with Gasteiger partial charge in [0.1, 0.15) is 13.2 Å². The molecule has 6 nitrogen and oxygen atoms in total. The van der Waals surface area contributed by atoms with Gasteiger partial charge in [-0.05, 0) is 83.5 Å². The fraction of sp³-hybridized carbons (Fsp3) is 0.800. The first kappa shape index (κ1) is 68.1. The van der Waals surface area contributed by atoms with E-state index in [4.69, 9.17) is 14.2 Å². The van der Waals surface area contributed by atoms with E-state index in [0.29, 0.717) is 19.3 Å². The first-order chi connectivity index (χ1) is 35.0. The number of hydrogen-bond donors (Lipinski definition) is 0. The molecule has 412 valence electrons. The van der Waals surface area contributed by atoms with Crippen molar-refractivity contribution in [3.05, 3.63) is 60.8 Å². The van der Waals surface area contributed by atoms with Crippen molar-refractivity contribution < 1.29 is 28.6 Å². The van der Waals surface area contributed by atoms with Crippen LogP contribution in [-0.2, 0) is 28.6 Å². The Morgan fingerprint density at radius 2 is 0.521 bits per heavy atom. The average molecular weight is 994 g/mol. The highest BCUT2D eigenvalue weighted by Crippen LogP contribution is 2.16. The molecular formula is C65H116O6. The molecule has 1 unspecified atom stereocenters. The minimum absolute atomic E-state index is 0.0832. The minimum atomic E-state index is -0.784. The second-order valence-corrected chi connectivity index (χ2v) is 20.6. The molecule has 0 amide bonds. The number of ether oxygens (including phenoxy) is 3. The quantitative estimate of drug-likeness (QED) is 0.0261. The Kier molecular flexibility index (Phi) is 57.2. The molecule has 0 N–H and O–H groups in total. The van der Waals surface area contributed by atoms with Crippen LogP contribution in [0.2, 0.25) is 0 Å². The van der Waals surface area contributed by atoms with E-state index in [1.165, 1.54) is 180 Å². The van der Waals surface area contributed by atoms with Gasteiger partial charge in [-0.2, -0.15) is 0 Å². The molecule has 1 atom stereocenters. The third kappa shape index (κ3) is 57.9. The van der Waals surface area contributed by atoms with Crippen molar-refractivity contribution in [3.8, 4) is 0 Å². The van der Waals surface area contributed by atoms with E-state index in [1.807, 2.05) is 0 Å². The Morgan fingerprint density at radius 3 is 0.831 bits per heavy atom. The van der Waals surface area contributed by atoms with Crippen molar-refractivity contribution >= 4 is 17.9 Å². The summed E-state index contributed by atoms with van der Waals surface area (Å²) in [4.78, 5) is 38.2. The van der Waals surface area contributed by atoms with Crippen LogP contribution in [0.5, 0.6) is 0 Å². The van der Waals surface area contributed by atoms with Gasteiger partial charge < -0.3 is 14.2 Å². The fourth-order valence-electron chi connectivity index (χ4n) is 8.82. The molecule has 71 heavy (non-hydrogen) atoms. The number of esters is 3. The predicted molar refractivity (Wildman–Crippen MR) is 307 cm³/mol. The normalized spacial score (nSPS) is 12.4. The Hall–Kier alpha value is -2.89. The minimum Gasteiger partial charge on any atom is -0.462 e. The van der Waals surface area contributed by atoms with Crippen molar-refractivity contribution in [1.29, 1.82) is 0 Å². The first-order valence-electron chi connectivity index (χ1n) is 30.8. The maximum absolute atomic E-state index is 12.9. The van der Waals surface area contributed by atoms with Gasteiger partial charge in [-0.15, -0.1) is 0 Å². The van der Waals surface area contributed by atoms with Crippen LogP contribution in [0.3, 0.4) is 0 Å². The maximum Gasteiger partial charge on any atom is 0.306 e. The van der Waals surface area contributed by atoms with Crippen LogP contribution in [0, 0.1) is 0 Å². The van der Waals surface area contributed by atoms with Crippen molar-refractivity contribution in [1.82, 2.24) is 0 Å². The monoisotopic (exact) mass is 993 g/mol. The van der Waals surface area contributed by atoms with Crippen molar-refractivity contribution in [3.63, 3.8) is 0 Å². The van der Waals surface area contributed by atoms with Gasteiger partial charge in [0.15, 0.2) is 6.10 Å². The second kappa shape index (κ2) is 59.7. The highest BCUT2D eigenvalue weighted by atomic mass is 16.6. The first-order valence-corrected chi connectivity index (χ1v) is 30.8. The van der Waals surface area contributed by atoms with Crippen molar-refractivity contribution in [2.45, 2.75) is 322 Å². The predicted octanol–water partition coefficient (Wildman–Crippen LogP) is 20.8. The standard InChI is InChI=1S/C65H116O6/c1-4-7-10-13-16-19-22-25-28-30-32-33-34-36-37-40-43-46-49-52-55-58-64(67)70-61-62(60-69-63(66)57-54-51-48-45-42-39-27-24-21-18-15-12-9-6-3)71-65(68)59-56-53-50-47-44-41-38-35-31-29-26-23-20-17-14-11-8-5-2/h15,18,22,24-25,27,30,32,34,36,62H,4-14,16-17,19-21,23,26,28-29,31,33,35,37-61H2,1-3H3/b18-15-,25-22-,27-24-,32-30-,36-34-. The molecular weight excluding hydrogens is 877 g/mol. The molecule has 6 heteroatoms. The van der Waals surface area contributed by atoms with E-state index < -0.39 is 6.10 Å². The summed E-state index contributed by atoms with van der Waals surface area (Å²) >= 11 is 0. The average Bonchev–Trinajstić information content (AvgIpc) is 3.37. The van der Waals surface area contributed by atoms with Gasteiger partial charge in [0.2, 0.25) is 0 Å². The van der Waals surface area contributed by atoms with Crippen molar-refractivity contribution in [2.24, 2.45) is 0 Å². The Morgan fingerprint density at radius 1 is 0.282 bits per heavy atom. The molecule has 0 fully saturated rings. The number of carbonyl (C=O) groups is 3. The summed E-state index contributed by atoms with van der Waals surface area (Å²) in [5, 5.41) is 0. The van der Waals surface area contributed by atoms with Gasteiger partial charge in [-0.25, -0.2) is 0 Å². The summed E-state index contributed by atoms with van der Waals surface area (Å²) in [6.45, 7) is 6.60. The van der Waals surface area contributed by atoms with Gasteiger partial charge >= 0.3 is 17.9 Å². The highest BCUT2D eigenvalue weighted by molar-refractivity contribution is 5.71. The number of allylic oxidation sites excluding steroid dienone is 10. The third-order valence-electron chi connectivity index (χ3n) is 13.5. The van der Waals surface area contributed by atoms with E-state index in [2.05, 4.69) is 81.5 Å². The molecule has 0 heterocycles. The Bertz CT molecular complexity index is 1280. The lowest BCUT2D eigenvalue weighted by Gasteiger charge is -2.18. The van der Waals surface area contributed by atoms with E-state index in [-0.39, 0.29) is 31.1 Å². The van der Waals surface area contributed by atoms with Gasteiger partial charge in [-0.3, -0.25) is 14.4 Å². The molecule has 0 aliphatic rings. The molecule has 0 aromatic carbocycles. The summed E-state index contributed by atoms with van der Waals surface area (Å²) in [5.41, 5.74) is 0. The van der Waals surface area contributed by atoms with Crippen LogP contribution >= 0.6 is 0 Å². The van der Waals surface area contributed by atoms with Crippen molar-refractivity contribution in [2.75, 3.05) is 13.2 Å². The van der Waals surface area contributed by atoms with Gasteiger partial charge in [-0.1, -0.05) is 274 Å². The Labute approximate surface area is 440 Å². The lowest BCUT2D eigenvalue weighted by atomic mass is 10.0. The molecule has 0 saturated carbocycles. The number of unbranched alkanes of at least 4 members (excludes halogenated alkanes) is 35. The zero-order chi connectivity index (χ0) is 51.4. The summed E-state index contributed by atoms with van der Waals surface area (Å²) in [5.74, 6) is -0.892. The fourth-order valence-corrected chi connectivity index (χ4v) is 8.82. The molecule has 0 aromatic heterocycles. The summed E-state index contributed by atoms with van der Waals surface area (Å²) in [7, 11) is 0. The van der Waals surface area contributed by atoms with Gasteiger partial charge in [0.05, 0.1) is 0 Å². The molecule has 0 rings (SSSR count). The summed E-state index contributed by atoms with van der Waals surface area (Å²) in [6.07, 6.45) is 75.0. The number of hydrogen-bond acceptors (Lipinski definition) is 6. The largest absolute Gasteiger partial charge is 0.462 e. The molecule has 0 aliphatic carbocycles. The Balaban J connectivity index is 4.37. The van der Waals surface area contributed by atoms with Gasteiger partial charge in [0, 0.05) is 19.3 Å². The maximum atomic E-state index is 12.9. The smallest absolute Gasteiger partial charge is 0.306 e. The zero-order valence-corrected chi connectivity index (χ0v) is 47.2. The topological polar surface area (TPSA) is 78.9 Å². The van der Waals surface area contributed by atoms with E-state index in [0.717, 1.165) is 96.3 Å². The van der Waals surface area contributed by atoms with Crippen LogP contribution in [-0.4, -0.2) is 37.2 Å². The SMILES string of the molecule is CCCC/C=C\C/C=C\CCCCCCCC(=O)OCC(COC(=O)CCCCCCCC/C=C\C/C=C\C/C=C\CCCCCCC)OC(=O)CCCCCCCCCCCCCCCCCCCC. The molecule has 0 aromatic rings. The zero-order valence-electron chi connectivity index (χ0n) is 47.2. The lowest BCUT2D eigenvalue weighted by molar-refractivity contribution is -0.167. The molecule has 0 bridgehead atoms. The van der Waals surface area contributed by atoms with E-state index in [1.54, 1.807) is 0 Å².